The standard InChI is InChI=1S/C15H17N3O2/c1-2-4-13-12(3-1)15(18-9-17-13)16-6-11-5-10-7-19-8-14(10)20-11/h1-4,9-11,14H,5-8H2,(H,16,17,18)/t10-,11?,14+/m1/s1. The smallest absolute Gasteiger partial charge is 0.137 e. The first-order valence-corrected chi connectivity index (χ1v) is 7.07. The van der Waals surface area contributed by atoms with Crippen LogP contribution in [0.15, 0.2) is 30.6 Å². The first-order chi connectivity index (χ1) is 9.90. The van der Waals surface area contributed by atoms with E-state index in [1.165, 1.54) is 0 Å². The monoisotopic (exact) mass is 271 g/mol. The average molecular weight is 271 g/mol. The lowest BCUT2D eigenvalue weighted by molar-refractivity contribution is 0.0260. The van der Waals surface area contributed by atoms with Gasteiger partial charge in [-0.05, 0) is 18.6 Å². The number of nitrogens with zero attached hydrogens (tertiary/aromatic N) is 2. The normalized spacial score (nSPS) is 28.7. The Morgan fingerprint density at radius 3 is 3.10 bits per heavy atom. The molecule has 0 radical (unpaired) electrons. The van der Waals surface area contributed by atoms with Gasteiger partial charge in [-0.1, -0.05) is 12.1 Å². The number of nitrogens with one attached hydrogen (secondary N) is 1. The summed E-state index contributed by atoms with van der Waals surface area (Å²) >= 11 is 0. The van der Waals surface area contributed by atoms with Crippen molar-refractivity contribution in [3.05, 3.63) is 30.6 Å². The van der Waals surface area contributed by atoms with Gasteiger partial charge in [0.15, 0.2) is 0 Å². The van der Waals surface area contributed by atoms with Crippen LogP contribution in [0.25, 0.3) is 10.9 Å². The van der Waals surface area contributed by atoms with E-state index >= 15 is 0 Å². The topological polar surface area (TPSA) is 56.3 Å². The molecule has 3 atom stereocenters. The first-order valence-electron chi connectivity index (χ1n) is 7.07. The van der Waals surface area contributed by atoms with Gasteiger partial charge in [-0.15, -0.1) is 0 Å². The summed E-state index contributed by atoms with van der Waals surface area (Å²) in [5.74, 6) is 1.46. The van der Waals surface area contributed by atoms with Gasteiger partial charge in [-0.2, -0.15) is 0 Å². The fourth-order valence-electron chi connectivity index (χ4n) is 3.08. The van der Waals surface area contributed by atoms with Crippen molar-refractivity contribution in [1.29, 1.82) is 0 Å². The van der Waals surface area contributed by atoms with E-state index in [1.807, 2.05) is 24.3 Å². The molecule has 1 unspecified atom stereocenters. The quantitative estimate of drug-likeness (QED) is 0.923. The van der Waals surface area contributed by atoms with Gasteiger partial charge in [0.05, 0.1) is 30.9 Å². The molecular formula is C15H17N3O2. The predicted octanol–water partition coefficient (Wildman–Crippen LogP) is 1.85. The van der Waals surface area contributed by atoms with Crippen molar-refractivity contribution >= 4 is 16.7 Å². The summed E-state index contributed by atoms with van der Waals surface area (Å²) in [4.78, 5) is 8.61. The summed E-state index contributed by atoms with van der Waals surface area (Å²) in [5.41, 5.74) is 0.961. The summed E-state index contributed by atoms with van der Waals surface area (Å²) in [5, 5.41) is 4.45. The second kappa shape index (κ2) is 5.00. The highest BCUT2D eigenvalue weighted by molar-refractivity contribution is 5.88. The van der Waals surface area contributed by atoms with Gasteiger partial charge in [0.2, 0.25) is 0 Å². The third-order valence-electron chi connectivity index (χ3n) is 4.11. The Hall–Kier alpha value is -1.72. The van der Waals surface area contributed by atoms with Crippen molar-refractivity contribution in [1.82, 2.24) is 9.97 Å². The molecule has 2 saturated heterocycles. The lowest BCUT2D eigenvalue weighted by Crippen LogP contribution is -2.22. The van der Waals surface area contributed by atoms with Crippen molar-refractivity contribution in [3.8, 4) is 0 Å². The number of aromatic nitrogens is 2. The zero-order chi connectivity index (χ0) is 13.4. The number of hydrogen-bond donors (Lipinski definition) is 1. The van der Waals surface area contributed by atoms with Crippen LogP contribution in [-0.4, -0.2) is 41.9 Å². The van der Waals surface area contributed by atoms with Crippen LogP contribution in [0.5, 0.6) is 0 Å². The molecule has 2 aliphatic rings. The molecular weight excluding hydrogens is 254 g/mol. The molecule has 5 heteroatoms. The van der Waals surface area contributed by atoms with Crippen LogP contribution in [0.4, 0.5) is 5.82 Å². The highest BCUT2D eigenvalue weighted by atomic mass is 16.6. The molecule has 5 nitrogen and oxygen atoms in total. The summed E-state index contributed by atoms with van der Waals surface area (Å²) in [6.07, 6.45) is 3.22. The molecule has 1 N–H and O–H groups in total. The number of ether oxygens (including phenoxy) is 2. The van der Waals surface area contributed by atoms with Gasteiger partial charge >= 0.3 is 0 Å². The van der Waals surface area contributed by atoms with E-state index in [4.69, 9.17) is 9.47 Å². The maximum atomic E-state index is 5.99. The molecule has 1 aromatic carbocycles. The first kappa shape index (κ1) is 12.1. The van der Waals surface area contributed by atoms with Crippen molar-refractivity contribution in [2.45, 2.75) is 18.6 Å². The van der Waals surface area contributed by atoms with Gasteiger partial charge < -0.3 is 14.8 Å². The highest BCUT2D eigenvalue weighted by Gasteiger charge is 2.39. The minimum Gasteiger partial charge on any atom is -0.378 e. The molecule has 3 heterocycles. The molecule has 104 valence electrons. The molecule has 0 saturated carbocycles. The van der Waals surface area contributed by atoms with Crippen molar-refractivity contribution in [2.24, 2.45) is 5.92 Å². The van der Waals surface area contributed by atoms with Crippen LogP contribution < -0.4 is 5.32 Å². The third kappa shape index (κ3) is 2.13. The van der Waals surface area contributed by atoms with E-state index in [2.05, 4.69) is 15.3 Å². The van der Waals surface area contributed by atoms with Crippen LogP contribution in [0.3, 0.4) is 0 Å². The van der Waals surface area contributed by atoms with Crippen LogP contribution in [-0.2, 0) is 9.47 Å². The Bertz CT molecular complexity index is 602. The Morgan fingerprint density at radius 1 is 1.20 bits per heavy atom. The van der Waals surface area contributed by atoms with Gasteiger partial charge in [0, 0.05) is 17.8 Å². The van der Waals surface area contributed by atoms with Crippen molar-refractivity contribution in [3.63, 3.8) is 0 Å². The Labute approximate surface area is 117 Å². The van der Waals surface area contributed by atoms with Gasteiger partial charge in [0.1, 0.15) is 12.1 Å². The molecule has 0 bridgehead atoms. The maximum Gasteiger partial charge on any atom is 0.137 e. The van der Waals surface area contributed by atoms with Gasteiger partial charge in [-0.25, -0.2) is 9.97 Å². The minimum atomic E-state index is 0.252. The largest absolute Gasteiger partial charge is 0.378 e. The second-order valence-corrected chi connectivity index (χ2v) is 5.45. The third-order valence-corrected chi connectivity index (χ3v) is 4.11. The van der Waals surface area contributed by atoms with Gasteiger partial charge in [-0.3, -0.25) is 0 Å². The summed E-state index contributed by atoms with van der Waals surface area (Å²) in [7, 11) is 0. The highest BCUT2D eigenvalue weighted by Crippen LogP contribution is 2.31. The second-order valence-electron chi connectivity index (χ2n) is 5.45. The molecule has 20 heavy (non-hydrogen) atoms. The average Bonchev–Trinajstić information content (AvgIpc) is 3.06. The Morgan fingerprint density at radius 2 is 2.15 bits per heavy atom. The van der Waals surface area contributed by atoms with E-state index < -0.39 is 0 Å². The molecule has 2 aromatic rings. The molecule has 0 aliphatic carbocycles. The molecule has 1 aromatic heterocycles. The number of benzene rings is 1. The lowest BCUT2D eigenvalue weighted by Gasteiger charge is -2.14. The molecule has 2 aliphatic heterocycles. The van der Waals surface area contributed by atoms with Crippen LogP contribution in [0, 0.1) is 5.92 Å². The minimum absolute atomic E-state index is 0.252. The van der Waals surface area contributed by atoms with Gasteiger partial charge in [0.25, 0.3) is 0 Å². The maximum absolute atomic E-state index is 5.99. The van der Waals surface area contributed by atoms with E-state index in [0.29, 0.717) is 12.0 Å². The number of para-hydroxylation sites is 1. The zero-order valence-electron chi connectivity index (χ0n) is 11.2. The lowest BCUT2D eigenvalue weighted by atomic mass is 10.0. The summed E-state index contributed by atoms with van der Waals surface area (Å²) < 4.78 is 11.4. The zero-order valence-corrected chi connectivity index (χ0v) is 11.2. The number of fused-ring (bicyclic) bond motifs is 2. The molecule has 4 rings (SSSR count). The number of hydrogen-bond acceptors (Lipinski definition) is 5. The summed E-state index contributed by atoms with van der Waals surface area (Å²) in [6.45, 7) is 2.38. The number of rotatable bonds is 3. The van der Waals surface area contributed by atoms with Crippen LogP contribution >= 0.6 is 0 Å². The van der Waals surface area contributed by atoms with Crippen molar-refractivity contribution < 1.29 is 9.47 Å². The SMILES string of the molecule is c1ccc2c(NCC3C[C@@H]4COC[C@@H]4O3)ncnc2c1. The van der Waals surface area contributed by atoms with Crippen LogP contribution in [0.1, 0.15) is 6.42 Å². The number of anilines is 1. The van der Waals surface area contributed by atoms with E-state index in [0.717, 1.165) is 42.9 Å². The van der Waals surface area contributed by atoms with E-state index in [9.17, 15) is 0 Å². The van der Waals surface area contributed by atoms with Crippen molar-refractivity contribution in [2.75, 3.05) is 25.1 Å². The molecule has 0 spiro atoms. The van der Waals surface area contributed by atoms with E-state index in [1.54, 1.807) is 6.33 Å². The fourth-order valence-corrected chi connectivity index (χ4v) is 3.08. The Kier molecular flexibility index (Phi) is 3.01. The van der Waals surface area contributed by atoms with E-state index in [-0.39, 0.29) is 6.10 Å². The summed E-state index contributed by atoms with van der Waals surface area (Å²) in [6, 6.07) is 8.02. The Balaban J connectivity index is 1.46. The predicted molar refractivity (Wildman–Crippen MR) is 75.6 cm³/mol. The molecule has 0 amide bonds. The molecule has 2 fully saturated rings. The fraction of sp³-hybridized carbons (Fsp3) is 0.467. The van der Waals surface area contributed by atoms with Crippen LogP contribution in [0.2, 0.25) is 0 Å².